The van der Waals surface area contributed by atoms with Crippen molar-refractivity contribution in [1.82, 2.24) is 4.98 Å². The molecular weight excluding hydrogens is 433 g/mol. The summed E-state index contributed by atoms with van der Waals surface area (Å²) in [6.07, 6.45) is 7.68. The number of nitrogens with zero attached hydrogens (tertiary/aromatic N) is 1. The minimum absolute atomic E-state index is 0.111. The standard InChI is InChI=1S/C29H31F3N2/c1-17(2)13-14-33-25-12-11-23(16-34-25)27-19(4)28(31)26(18(3)29(27)32)22-10-9-21(24(30)15-22)8-7-20-5-6-20/h9-13,15-16,20H,5-8,14H2,1-4H3,(H,33,34). The Morgan fingerprint density at radius 2 is 1.62 bits per heavy atom. The lowest BCUT2D eigenvalue weighted by atomic mass is 9.90. The van der Waals surface area contributed by atoms with Crippen molar-refractivity contribution in [3.63, 3.8) is 0 Å². The molecule has 1 fully saturated rings. The van der Waals surface area contributed by atoms with Gasteiger partial charge in [-0.05, 0) is 86.9 Å². The van der Waals surface area contributed by atoms with E-state index < -0.39 is 11.6 Å². The first-order valence-corrected chi connectivity index (χ1v) is 11.9. The second kappa shape index (κ2) is 10.0. The second-order valence-electron chi connectivity index (χ2n) is 9.51. The van der Waals surface area contributed by atoms with Crippen LogP contribution in [0, 0.1) is 37.2 Å². The molecular formula is C29H31F3N2. The minimum atomic E-state index is -0.537. The Labute approximate surface area is 199 Å². The lowest BCUT2D eigenvalue weighted by Crippen LogP contribution is -2.04. The van der Waals surface area contributed by atoms with Gasteiger partial charge in [0.05, 0.1) is 0 Å². The molecule has 3 aromatic rings. The highest BCUT2D eigenvalue weighted by molar-refractivity contribution is 5.78. The van der Waals surface area contributed by atoms with Crippen molar-refractivity contribution >= 4 is 5.82 Å². The number of allylic oxidation sites excluding steroid dienone is 1. The molecule has 0 amide bonds. The molecule has 0 radical (unpaired) electrons. The van der Waals surface area contributed by atoms with Gasteiger partial charge >= 0.3 is 0 Å². The number of aromatic nitrogens is 1. The molecule has 5 heteroatoms. The van der Waals surface area contributed by atoms with E-state index in [0.29, 0.717) is 41.4 Å². The molecule has 1 heterocycles. The molecule has 0 bridgehead atoms. The number of hydrogen-bond donors (Lipinski definition) is 1. The van der Waals surface area contributed by atoms with Gasteiger partial charge in [-0.15, -0.1) is 0 Å². The van der Waals surface area contributed by atoms with Gasteiger partial charge < -0.3 is 5.32 Å². The summed E-state index contributed by atoms with van der Waals surface area (Å²) in [4.78, 5) is 4.35. The van der Waals surface area contributed by atoms with Crippen molar-refractivity contribution in [1.29, 1.82) is 0 Å². The van der Waals surface area contributed by atoms with E-state index in [1.807, 2.05) is 19.9 Å². The first-order valence-electron chi connectivity index (χ1n) is 11.9. The molecule has 0 aliphatic heterocycles. The van der Waals surface area contributed by atoms with Crippen LogP contribution >= 0.6 is 0 Å². The maximum Gasteiger partial charge on any atom is 0.135 e. The average molecular weight is 465 g/mol. The lowest BCUT2D eigenvalue weighted by Gasteiger charge is -2.17. The first kappa shape index (κ1) is 24.1. The van der Waals surface area contributed by atoms with Gasteiger partial charge in [0.25, 0.3) is 0 Å². The molecule has 2 aromatic carbocycles. The van der Waals surface area contributed by atoms with Gasteiger partial charge in [-0.25, -0.2) is 18.2 Å². The normalized spacial score (nSPS) is 13.1. The molecule has 0 spiro atoms. The fourth-order valence-corrected chi connectivity index (χ4v) is 4.29. The highest BCUT2D eigenvalue weighted by Gasteiger charge is 2.24. The van der Waals surface area contributed by atoms with Crippen molar-refractivity contribution < 1.29 is 13.2 Å². The maximum absolute atomic E-state index is 15.6. The monoisotopic (exact) mass is 464 g/mol. The van der Waals surface area contributed by atoms with Crippen molar-refractivity contribution in [3.8, 4) is 22.3 Å². The van der Waals surface area contributed by atoms with Crippen molar-refractivity contribution in [2.24, 2.45) is 5.92 Å². The topological polar surface area (TPSA) is 24.9 Å². The highest BCUT2D eigenvalue weighted by atomic mass is 19.1. The predicted octanol–water partition coefficient (Wildman–Crippen LogP) is 8.17. The molecule has 0 saturated heterocycles. The Bertz CT molecular complexity index is 1190. The first-order chi connectivity index (χ1) is 16.3. The van der Waals surface area contributed by atoms with E-state index >= 15 is 8.78 Å². The van der Waals surface area contributed by atoms with Crippen LogP contribution in [0.5, 0.6) is 0 Å². The van der Waals surface area contributed by atoms with Crippen LogP contribution in [0.15, 0.2) is 48.2 Å². The molecule has 2 nitrogen and oxygen atoms in total. The van der Waals surface area contributed by atoms with Crippen molar-refractivity contribution in [2.45, 2.75) is 53.4 Å². The minimum Gasteiger partial charge on any atom is -0.367 e. The number of nitrogens with one attached hydrogen (secondary N) is 1. The zero-order valence-electron chi connectivity index (χ0n) is 20.2. The number of anilines is 1. The summed E-state index contributed by atoms with van der Waals surface area (Å²) in [7, 11) is 0. The average Bonchev–Trinajstić information content (AvgIpc) is 3.63. The number of benzene rings is 2. The number of aryl methyl sites for hydroxylation is 1. The molecule has 1 N–H and O–H groups in total. The zero-order valence-corrected chi connectivity index (χ0v) is 20.2. The number of rotatable bonds is 8. The van der Waals surface area contributed by atoms with Gasteiger partial charge in [0, 0.05) is 29.4 Å². The molecule has 1 saturated carbocycles. The van der Waals surface area contributed by atoms with Crippen LogP contribution in [-0.4, -0.2) is 11.5 Å². The molecule has 4 rings (SSSR count). The zero-order chi connectivity index (χ0) is 24.4. The van der Waals surface area contributed by atoms with E-state index in [0.717, 1.165) is 6.42 Å². The van der Waals surface area contributed by atoms with E-state index in [1.165, 1.54) is 24.5 Å². The molecule has 0 atom stereocenters. The van der Waals surface area contributed by atoms with Crippen LogP contribution in [0.25, 0.3) is 22.3 Å². The predicted molar refractivity (Wildman–Crippen MR) is 133 cm³/mol. The summed E-state index contributed by atoms with van der Waals surface area (Å²) in [6.45, 7) is 7.77. The van der Waals surface area contributed by atoms with Gasteiger partial charge in [-0.3, -0.25) is 0 Å². The quantitative estimate of drug-likeness (QED) is 0.340. The van der Waals surface area contributed by atoms with Crippen LogP contribution in [-0.2, 0) is 6.42 Å². The fourth-order valence-electron chi connectivity index (χ4n) is 4.29. The van der Waals surface area contributed by atoms with Crippen LogP contribution in [0.4, 0.5) is 19.0 Å². The SMILES string of the molecule is CC(C)=CCNc1ccc(-c2c(C)c(F)c(-c3ccc(CCC4CC4)c(F)c3)c(C)c2F)cn1. The van der Waals surface area contributed by atoms with Gasteiger partial charge in [-0.2, -0.15) is 0 Å². The van der Waals surface area contributed by atoms with Gasteiger partial charge in [0.2, 0.25) is 0 Å². The fraction of sp³-hybridized carbons (Fsp3) is 0.345. The highest BCUT2D eigenvalue weighted by Crippen LogP contribution is 2.39. The second-order valence-corrected chi connectivity index (χ2v) is 9.51. The Morgan fingerprint density at radius 1 is 0.971 bits per heavy atom. The summed E-state index contributed by atoms with van der Waals surface area (Å²) in [5.41, 5.74) is 3.32. The summed E-state index contributed by atoms with van der Waals surface area (Å²) in [5, 5.41) is 3.17. The number of hydrogen-bond acceptors (Lipinski definition) is 2. The van der Waals surface area contributed by atoms with Crippen LogP contribution in [0.1, 0.15) is 49.8 Å². The third-order valence-electron chi connectivity index (χ3n) is 6.55. The molecule has 0 unspecified atom stereocenters. The number of halogens is 3. The van der Waals surface area contributed by atoms with Gasteiger partial charge in [0.1, 0.15) is 23.3 Å². The third kappa shape index (κ3) is 5.19. The van der Waals surface area contributed by atoms with Crippen molar-refractivity contribution in [2.75, 3.05) is 11.9 Å². The molecule has 1 aliphatic carbocycles. The Balaban J connectivity index is 1.64. The van der Waals surface area contributed by atoms with E-state index in [4.69, 9.17) is 0 Å². The Morgan fingerprint density at radius 3 is 2.18 bits per heavy atom. The van der Waals surface area contributed by atoms with Crippen LogP contribution in [0.3, 0.4) is 0 Å². The molecule has 1 aromatic heterocycles. The van der Waals surface area contributed by atoms with E-state index in [2.05, 4.69) is 10.3 Å². The number of pyridine rings is 1. The molecule has 178 valence electrons. The molecule has 1 aliphatic rings. The summed E-state index contributed by atoms with van der Waals surface area (Å²) in [6, 6.07) is 8.22. The van der Waals surface area contributed by atoms with Crippen LogP contribution in [0.2, 0.25) is 0 Å². The Kier molecular flexibility index (Phi) is 7.11. The smallest absolute Gasteiger partial charge is 0.135 e. The molecule has 34 heavy (non-hydrogen) atoms. The third-order valence-corrected chi connectivity index (χ3v) is 6.55. The summed E-state index contributed by atoms with van der Waals surface area (Å²) < 4.78 is 45.9. The summed E-state index contributed by atoms with van der Waals surface area (Å²) >= 11 is 0. The van der Waals surface area contributed by atoms with Crippen LogP contribution < -0.4 is 5.32 Å². The Hall–Kier alpha value is -3.08. The van der Waals surface area contributed by atoms with E-state index in [-0.39, 0.29) is 28.1 Å². The van der Waals surface area contributed by atoms with E-state index in [9.17, 15) is 4.39 Å². The summed E-state index contributed by atoms with van der Waals surface area (Å²) in [5.74, 6) is -0.0476. The maximum atomic E-state index is 15.6. The lowest BCUT2D eigenvalue weighted by molar-refractivity contribution is 0.589. The van der Waals surface area contributed by atoms with Crippen molar-refractivity contribution in [3.05, 3.63) is 82.3 Å². The largest absolute Gasteiger partial charge is 0.367 e. The van der Waals surface area contributed by atoms with Gasteiger partial charge in [0.15, 0.2) is 0 Å². The van der Waals surface area contributed by atoms with E-state index in [1.54, 1.807) is 44.3 Å². The van der Waals surface area contributed by atoms with Gasteiger partial charge in [-0.1, -0.05) is 36.6 Å².